The summed E-state index contributed by atoms with van der Waals surface area (Å²) >= 11 is 0. The molecule has 4 rings (SSSR count). The molecule has 1 aliphatic carbocycles. The number of nitrogens with zero attached hydrogens (tertiary/aromatic N) is 2. The average molecular weight is 304 g/mol. The van der Waals surface area contributed by atoms with Gasteiger partial charge in [0.25, 0.3) is 5.91 Å². The van der Waals surface area contributed by atoms with E-state index >= 15 is 0 Å². The summed E-state index contributed by atoms with van der Waals surface area (Å²) in [4.78, 5) is 18.8. The van der Waals surface area contributed by atoms with Crippen molar-refractivity contribution in [2.75, 3.05) is 26.2 Å². The maximum absolute atomic E-state index is 12.6. The molecular formula is C16H24N4O2. The summed E-state index contributed by atoms with van der Waals surface area (Å²) in [6, 6.07) is 0.108. The standard InChI is InChI=1S/C16H24N4O2/c17-13-9-20(10-16(13)4-1-5-16)15(21)12-8-19-14(22-12)11-2-6-18-7-3-11/h8,11,13,18H,1-7,9-10,17H2. The molecule has 1 spiro atoms. The van der Waals surface area contributed by atoms with Crippen LogP contribution in [0.1, 0.15) is 54.5 Å². The highest BCUT2D eigenvalue weighted by molar-refractivity contribution is 5.91. The van der Waals surface area contributed by atoms with Crippen molar-refractivity contribution in [3.8, 4) is 0 Å². The van der Waals surface area contributed by atoms with Gasteiger partial charge in [0.15, 0.2) is 5.89 Å². The molecule has 3 fully saturated rings. The van der Waals surface area contributed by atoms with Crippen molar-refractivity contribution in [3.63, 3.8) is 0 Å². The minimum atomic E-state index is -0.0492. The molecule has 3 heterocycles. The Bertz CT molecular complexity index is 560. The highest BCUT2D eigenvalue weighted by Crippen LogP contribution is 2.47. The molecule has 3 aliphatic rings. The van der Waals surface area contributed by atoms with Gasteiger partial charge in [0.2, 0.25) is 5.76 Å². The number of amides is 1. The van der Waals surface area contributed by atoms with Crippen LogP contribution in [-0.2, 0) is 0 Å². The monoisotopic (exact) mass is 304 g/mol. The predicted molar refractivity (Wildman–Crippen MR) is 81.5 cm³/mol. The third kappa shape index (κ3) is 2.25. The van der Waals surface area contributed by atoms with E-state index in [-0.39, 0.29) is 17.4 Å². The minimum absolute atomic E-state index is 0.0492. The maximum Gasteiger partial charge on any atom is 0.291 e. The van der Waals surface area contributed by atoms with E-state index in [1.54, 1.807) is 6.20 Å². The van der Waals surface area contributed by atoms with Crippen molar-refractivity contribution >= 4 is 5.91 Å². The number of aromatic nitrogens is 1. The van der Waals surface area contributed by atoms with E-state index in [4.69, 9.17) is 10.2 Å². The molecular weight excluding hydrogens is 280 g/mol. The molecule has 1 unspecified atom stereocenters. The molecule has 1 aromatic rings. The summed E-state index contributed by atoms with van der Waals surface area (Å²) in [5.41, 5.74) is 6.43. The van der Waals surface area contributed by atoms with Gasteiger partial charge in [0.05, 0.1) is 6.20 Å². The second-order valence-corrected chi connectivity index (χ2v) is 7.10. The van der Waals surface area contributed by atoms with Gasteiger partial charge in [0.1, 0.15) is 0 Å². The number of nitrogens with two attached hydrogens (primary N) is 1. The zero-order valence-electron chi connectivity index (χ0n) is 12.9. The van der Waals surface area contributed by atoms with Gasteiger partial charge in [-0.3, -0.25) is 4.79 Å². The van der Waals surface area contributed by atoms with Gasteiger partial charge in [0, 0.05) is 30.5 Å². The van der Waals surface area contributed by atoms with Gasteiger partial charge in [-0.15, -0.1) is 0 Å². The van der Waals surface area contributed by atoms with Crippen LogP contribution in [0.25, 0.3) is 0 Å². The molecule has 6 heteroatoms. The van der Waals surface area contributed by atoms with Crippen LogP contribution in [0.4, 0.5) is 0 Å². The Labute approximate surface area is 130 Å². The SMILES string of the molecule is NC1CN(C(=O)c2cnc(C3CCNCC3)o2)CC12CCC2. The van der Waals surface area contributed by atoms with Crippen molar-refractivity contribution in [2.45, 2.75) is 44.1 Å². The van der Waals surface area contributed by atoms with Crippen molar-refractivity contribution < 1.29 is 9.21 Å². The molecule has 0 aromatic carbocycles. The molecule has 2 aliphatic heterocycles. The van der Waals surface area contributed by atoms with Crippen LogP contribution >= 0.6 is 0 Å². The first-order chi connectivity index (χ1) is 10.7. The molecule has 3 N–H and O–H groups in total. The van der Waals surface area contributed by atoms with Crippen LogP contribution in [0, 0.1) is 5.41 Å². The fourth-order valence-corrected chi connectivity index (χ4v) is 4.11. The van der Waals surface area contributed by atoms with Crippen LogP contribution in [0.15, 0.2) is 10.6 Å². The first-order valence-corrected chi connectivity index (χ1v) is 8.39. The van der Waals surface area contributed by atoms with E-state index in [0.29, 0.717) is 24.1 Å². The number of carbonyl (C=O) groups excluding carboxylic acids is 1. The Morgan fingerprint density at radius 3 is 2.82 bits per heavy atom. The first-order valence-electron chi connectivity index (χ1n) is 8.39. The molecule has 1 saturated carbocycles. The van der Waals surface area contributed by atoms with Gasteiger partial charge >= 0.3 is 0 Å². The fourth-order valence-electron chi connectivity index (χ4n) is 4.11. The highest BCUT2D eigenvalue weighted by atomic mass is 16.4. The van der Waals surface area contributed by atoms with E-state index in [0.717, 1.165) is 45.3 Å². The third-order valence-corrected chi connectivity index (χ3v) is 5.77. The summed E-state index contributed by atoms with van der Waals surface area (Å²) in [7, 11) is 0. The quantitative estimate of drug-likeness (QED) is 0.854. The molecule has 120 valence electrons. The fraction of sp³-hybridized carbons (Fsp3) is 0.750. The van der Waals surface area contributed by atoms with E-state index in [2.05, 4.69) is 10.3 Å². The Morgan fingerprint density at radius 2 is 2.18 bits per heavy atom. The van der Waals surface area contributed by atoms with Crippen LogP contribution in [-0.4, -0.2) is 48.0 Å². The number of likely N-dealkylation sites (tertiary alicyclic amines) is 1. The molecule has 1 aromatic heterocycles. The molecule has 6 nitrogen and oxygen atoms in total. The van der Waals surface area contributed by atoms with Crippen molar-refractivity contribution in [3.05, 3.63) is 17.8 Å². The van der Waals surface area contributed by atoms with Gasteiger partial charge in [-0.25, -0.2) is 4.98 Å². The second kappa shape index (κ2) is 5.35. The van der Waals surface area contributed by atoms with Crippen LogP contribution in [0.2, 0.25) is 0 Å². The number of oxazole rings is 1. The zero-order valence-corrected chi connectivity index (χ0v) is 12.9. The van der Waals surface area contributed by atoms with Crippen molar-refractivity contribution in [1.82, 2.24) is 15.2 Å². The summed E-state index contributed by atoms with van der Waals surface area (Å²) in [6.07, 6.45) is 7.16. The van der Waals surface area contributed by atoms with E-state index < -0.39 is 0 Å². The van der Waals surface area contributed by atoms with Gasteiger partial charge in [-0.2, -0.15) is 0 Å². The summed E-state index contributed by atoms with van der Waals surface area (Å²) < 4.78 is 5.78. The zero-order chi connectivity index (χ0) is 15.2. The Balaban J connectivity index is 1.46. The van der Waals surface area contributed by atoms with Crippen LogP contribution < -0.4 is 11.1 Å². The normalized spacial score (nSPS) is 28.0. The lowest BCUT2D eigenvalue weighted by Gasteiger charge is -2.41. The number of rotatable bonds is 2. The Kier molecular flexibility index (Phi) is 3.46. The smallest absolute Gasteiger partial charge is 0.291 e. The van der Waals surface area contributed by atoms with Gasteiger partial charge in [-0.05, 0) is 38.8 Å². The number of hydrogen-bond donors (Lipinski definition) is 2. The lowest BCUT2D eigenvalue weighted by molar-refractivity contribution is 0.0694. The third-order valence-electron chi connectivity index (χ3n) is 5.77. The number of hydrogen-bond acceptors (Lipinski definition) is 5. The molecule has 0 bridgehead atoms. The average Bonchev–Trinajstić information content (AvgIpc) is 3.11. The summed E-state index contributed by atoms with van der Waals surface area (Å²) in [6.45, 7) is 3.39. The lowest BCUT2D eigenvalue weighted by atomic mass is 9.66. The predicted octanol–water partition coefficient (Wildman–Crippen LogP) is 1.09. The van der Waals surface area contributed by atoms with E-state index in [1.807, 2.05) is 4.90 Å². The minimum Gasteiger partial charge on any atom is -0.435 e. The Hall–Kier alpha value is -1.40. The van der Waals surface area contributed by atoms with E-state index in [9.17, 15) is 4.79 Å². The highest BCUT2D eigenvalue weighted by Gasteiger charge is 2.50. The van der Waals surface area contributed by atoms with Gasteiger partial charge < -0.3 is 20.4 Å². The molecule has 0 radical (unpaired) electrons. The first kappa shape index (κ1) is 14.2. The summed E-state index contributed by atoms with van der Waals surface area (Å²) in [5.74, 6) is 1.37. The number of carbonyl (C=O) groups is 1. The second-order valence-electron chi connectivity index (χ2n) is 7.10. The Morgan fingerprint density at radius 1 is 1.41 bits per heavy atom. The molecule has 1 atom stereocenters. The molecule has 22 heavy (non-hydrogen) atoms. The van der Waals surface area contributed by atoms with Crippen LogP contribution in [0.3, 0.4) is 0 Å². The van der Waals surface area contributed by atoms with Gasteiger partial charge in [-0.1, -0.05) is 6.42 Å². The number of nitrogens with one attached hydrogen (secondary N) is 1. The van der Waals surface area contributed by atoms with E-state index in [1.165, 1.54) is 6.42 Å². The molecule has 2 saturated heterocycles. The lowest BCUT2D eigenvalue weighted by Crippen LogP contribution is -2.45. The number of piperidine rings is 1. The van der Waals surface area contributed by atoms with Crippen LogP contribution in [0.5, 0.6) is 0 Å². The van der Waals surface area contributed by atoms with Crippen molar-refractivity contribution in [1.29, 1.82) is 0 Å². The summed E-state index contributed by atoms with van der Waals surface area (Å²) in [5, 5.41) is 3.33. The maximum atomic E-state index is 12.6. The molecule has 1 amide bonds. The topological polar surface area (TPSA) is 84.4 Å². The largest absolute Gasteiger partial charge is 0.435 e. The van der Waals surface area contributed by atoms with Crippen molar-refractivity contribution in [2.24, 2.45) is 11.1 Å².